The van der Waals surface area contributed by atoms with Crippen molar-refractivity contribution in [1.82, 2.24) is 4.98 Å². The first-order chi connectivity index (χ1) is 9.56. The maximum absolute atomic E-state index is 11.7. The van der Waals surface area contributed by atoms with Crippen LogP contribution in [0.5, 0.6) is 5.75 Å². The average Bonchev–Trinajstić information content (AvgIpc) is 2.42. The third-order valence-corrected chi connectivity index (χ3v) is 3.30. The zero-order valence-corrected chi connectivity index (χ0v) is 12.3. The van der Waals surface area contributed by atoms with E-state index >= 15 is 0 Å². The molecule has 0 saturated heterocycles. The number of hydrogen-bond acceptors (Lipinski definition) is 3. The Balaban J connectivity index is 1.95. The van der Waals surface area contributed by atoms with E-state index in [9.17, 15) is 4.79 Å². The van der Waals surface area contributed by atoms with Crippen molar-refractivity contribution in [2.24, 2.45) is 0 Å². The molecule has 1 N–H and O–H groups in total. The largest absolute Gasteiger partial charge is 0.482 e. The third kappa shape index (κ3) is 4.00. The smallest absolute Gasteiger partial charge is 0.262 e. The molecule has 1 amide bonds. The van der Waals surface area contributed by atoms with Gasteiger partial charge in [-0.2, -0.15) is 0 Å². The average molecular weight is 332 g/mol. The number of carbonyl (C=O) groups is 1. The molecule has 4 nitrogen and oxygen atoms in total. The number of hydrogen-bond donors (Lipinski definition) is 1. The van der Waals surface area contributed by atoms with E-state index in [0.29, 0.717) is 21.5 Å². The molecule has 0 aliphatic heterocycles. The number of nitrogens with one attached hydrogen (secondary N) is 1. The molecule has 0 aliphatic carbocycles. The van der Waals surface area contributed by atoms with Crippen LogP contribution in [0.1, 0.15) is 0 Å². The number of ether oxygens (including phenoxy) is 1. The van der Waals surface area contributed by atoms with Crippen LogP contribution in [0, 0.1) is 0 Å². The number of anilines is 1. The van der Waals surface area contributed by atoms with Gasteiger partial charge in [0.25, 0.3) is 5.91 Å². The molecular formula is C13H9Cl3N2O2. The van der Waals surface area contributed by atoms with E-state index in [1.54, 1.807) is 18.3 Å². The van der Waals surface area contributed by atoms with Gasteiger partial charge in [-0.25, -0.2) is 0 Å². The Bertz CT molecular complexity index is 621. The van der Waals surface area contributed by atoms with Crippen LogP contribution in [-0.4, -0.2) is 17.5 Å². The minimum Gasteiger partial charge on any atom is -0.482 e. The summed E-state index contributed by atoms with van der Waals surface area (Å²) in [6.45, 7) is -0.202. The summed E-state index contributed by atoms with van der Waals surface area (Å²) >= 11 is 17.6. The summed E-state index contributed by atoms with van der Waals surface area (Å²) in [5, 5.41) is 3.54. The Morgan fingerprint density at radius 2 is 1.95 bits per heavy atom. The summed E-state index contributed by atoms with van der Waals surface area (Å²) in [5.74, 6) is -0.0393. The van der Waals surface area contributed by atoms with Crippen LogP contribution in [0.3, 0.4) is 0 Å². The van der Waals surface area contributed by atoms with Crippen LogP contribution in [0.2, 0.25) is 15.1 Å². The maximum atomic E-state index is 11.7. The van der Waals surface area contributed by atoms with Gasteiger partial charge >= 0.3 is 0 Å². The highest BCUT2D eigenvalue weighted by molar-refractivity contribution is 6.43. The monoisotopic (exact) mass is 330 g/mol. The lowest BCUT2D eigenvalue weighted by Crippen LogP contribution is -2.20. The summed E-state index contributed by atoms with van der Waals surface area (Å²) < 4.78 is 5.30. The van der Waals surface area contributed by atoms with Gasteiger partial charge in [0.1, 0.15) is 5.75 Å². The quantitative estimate of drug-likeness (QED) is 0.860. The fourth-order valence-corrected chi connectivity index (χ4v) is 1.98. The molecule has 7 heteroatoms. The number of benzene rings is 1. The van der Waals surface area contributed by atoms with Gasteiger partial charge < -0.3 is 10.1 Å². The number of nitrogens with zero attached hydrogens (tertiary/aromatic N) is 1. The molecule has 2 aromatic rings. The number of rotatable bonds is 4. The van der Waals surface area contributed by atoms with E-state index < -0.39 is 0 Å². The van der Waals surface area contributed by atoms with Crippen molar-refractivity contribution in [3.05, 3.63) is 51.7 Å². The molecule has 0 aliphatic rings. The van der Waals surface area contributed by atoms with Crippen LogP contribution >= 0.6 is 34.8 Å². The molecule has 104 valence electrons. The van der Waals surface area contributed by atoms with Crippen molar-refractivity contribution in [2.45, 2.75) is 0 Å². The molecule has 0 spiro atoms. The number of amides is 1. The summed E-state index contributed by atoms with van der Waals surface area (Å²) in [7, 11) is 0. The third-order valence-electron chi connectivity index (χ3n) is 2.28. The highest BCUT2D eigenvalue weighted by Gasteiger charge is 2.09. The molecule has 0 bridgehead atoms. The lowest BCUT2D eigenvalue weighted by molar-refractivity contribution is -0.118. The van der Waals surface area contributed by atoms with E-state index in [1.165, 1.54) is 18.3 Å². The Morgan fingerprint density at radius 1 is 1.20 bits per heavy atom. The SMILES string of the molecule is O=C(COc1cc(Cl)c(Cl)cc1Cl)Nc1cccnc1. The lowest BCUT2D eigenvalue weighted by atomic mass is 10.3. The first kappa shape index (κ1) is 14.9. The topological polar surface area (TPSA) is 51.2 Å². The number of halogens is 3. The molecule has 0 saturated carbocycles. The standard InChI is InChI=1S/C13H9Cl3N2O2/c14-9-4-11(16)12(5-10(9)15)20-7-13(19)18-8-2-1-3-17-6-8/h1-6H,7H2,(H,18,19). The maximum Gasteiger partial charge on any atom is 0.262 e. The highest BCUT2D eigenvalue weighted by Crippen LogP contribution is 2.33. The van der Waals surface area contributed by atoms with Gasteiger partial charge in [-0.3, -0.25) is 9.78 Å². The molecule has 1 aromatic carbocycles. The lowest BCUT2D eigenvalue weighted by Gasteiger charge is -2.09. The normalized spacial score (nSPS) is 10.2. The Kier molecular flexibility index (Phi) is 5.06. The van der Waals surface area contributed by atoms with E-state index in [1.807, 2.05) is 0 Å². The molecule has 1 heterocycles. The molecule has 0 atom stereocenters. The van der Waals surface area contributed by atoms with Gasteiger partial charge in [0.05, 0.1) is 27.0 Å². The van der Waals surface area contributed by atoms with E-state index in [0.717, 1.165) is 0 Å². The predicted molar refractivity (Wildman–Crippen MR) is 79.8 cm³/mol. The van der Waals surface area contributed by atoms with Crippen LogP contribution in [0.25, 0.3) is 0 Å². The van der Waals surface area contributed by atoms with E-state index in [-0.39, 0.29) is 17.5 Å². The minimum atomic E-state index is -0.333. The van der Waals surface area contributed by atoms with Crippen LogP contribution in [0.4, 0.5) is 5.69 Å². The van der Waals surface area contributed by atoms with Crippen molar-refractivity contribution in [3.63, 3.8) is 0 Å². The van der Waals surface area contributed by atoms with Gasteiger partial charge in [-0.1, -0.05) is 34.8 Å². The van der Waals surface area contributed by atoms with Crippen molar-refractivity contribution in [2.75, 3.05) is 11.9 Å². The van der Waals surface area contributed by atoms with Crippen molar-refractivity contribution in [3.8, 4) is 5.75 Å². The van der Waals surface area contributed by atoms with Crippen LogP contribution in [-0.2, 0) is 4.79 Å². The van der Waals surface area contributed by atoms with Crippen molar-refractivity contribution in [1.29, 1.82) is 0 Å². The van der Waals surface area contributed by atoms with Gasteiger partial charge in [0, 0.05) is 12.3 Å². The van der Waals surface area contributed by atoms with E-state index in [2.05, 4.69) is 10.3 Å². The highest BCUT2D eigenvalue weighted by atomic mass is 35.5. The van der Waals surface area contributed by atoms with Gasteiger partial charge in [-0.05, 0) is 18.2 Å². The summed E-state index contributed by atoms with van der Waals surface area (Å²) in [6.07, 6.45) is 3.14. The molecule has 0 fully saturated rings. The first-order valence-electron chi connectivity index (χ1n) is 5.53. The fourth-order valence-electron chi connectivity index (χ4n) is 1.39. The molecule has 20 heavy (non-hydrogen) atoms. The molecule has 0 unspecified atom stereocenters. The summed E-state index contributed by atoms with van der Waals surface area (Å²) in [5.41, 5.74) is 0.585. The summed E-state index contributed by atoms with van der Waals surface area (Å²) in [6, 6.07) is 6.35. The Hall–Kier alpha value is -1.49. The second-order valence-electron chi connectivity index (χ2n) is 3.78. The van der Waals surface area contributed by atoms with Crippen LogP contribution in [0.15, 0.2) is 36.7 Å². The van der Waals surface area contributed by atoms with Crippen molar-refractivity contribution >= 4 is 46.4 Å². The first-order valence-corrected chi connectivity index (χ1v) is 6.67. The van der Waals surface area contributed by atoms with E-state index in [4.69, 9.17) is 39.5 Å². The second kappa shape index (κ2) is 6.79. The van der Waals surface area contributed by atoms with Crippen molar-refractivity contribution < 1.29 is 9.53 Å². The van der Waals surface area contributed by atoms with Crippen LogP contribution < -0.4 is 10.1 Å². The minimum absolute atomic E-state index is 0.202. The van der Waals surface area contributed by atoms with Gasteiger partial charge in [-0.15, -0.1) is 0 Å². The summed E-state index contributed by atoms with van der Waals surface area (Å²) in [4.78, 5) is 15.6. The predicted octanol–water partition coefficient (Wildman–Crippen LogP) is 4.06. The number of pyridine rings is 1. The van der Waals surface area contributed by atoms with Gasteiger partial charge in [0.15, 0.2) is 6.61 Å². The van der Waals surface area contributed by atoms with Gasteiger partial charge in [0.2, 0.25) is 0 Å². The zero-order chi connectivity index (χ0) is 14.5. The number of aromatic nitrogens is 1. The zero-order valence-electron chi connectivity index (χ0n) is 10.1. The molecule has 1 aromatic heterocycles. The molecule has 0 radical (unpaired) electrons. The Labute approximate surface area is 130 Å². The molecular weight excluding hydrogens is 323 g/mol. The second-order valence-corrected chi connectivity index (χ2v) is 5.00. The Morgan fingerprint density at radius 3 is 2.65 bits per heavy atom. The molecule has 2 rings (SSSR count). The number of carbonyl (C=O) groups excluding carboxylic acids is 1. The fraction of sp³-hybridized carbons (Fsp3) is 0.0769.